The molecule has 2 aliphatic carbocycles. The first-order valence-corrected chi connectivity index (χ1v) is 9.52. The van der Waals surface area contributed by atoms with Crippen molar-refractivity contribution in [2.75, 3.05) is 26.7 Å². The Bertz CT molecular complexity index is 285. The molecule has 0 spiro atoms. The van der Waals surface area contributed by atoms with Crippen LogP contribution in [0.15, 0.2) is 0 Å². The summed E-state index contributed by atoms with van der Waals surface area (Å²) in [7, 11) is 2.36. The van der Waals surface area contributed by atoms with E-state index in [9.17, 15) is 0 Å². The van der Waals surface area contributed by atoms with Gasteiger partial charge in [0.2, 0.25) is 0 Å². The lowest BCUT2D eigenvalue weighted by Gasteiger charge is -2.42. The Morgan fingerprint density at radius 2 is 1.71 bits per heavy atom. The van der Waals surface area contributed by atoms with Gasteiger partial charge >= 0.3 is 0 Å². The number of nitrogens with zero attached hydrogens (tertiary/aromatic N) is 1. The molecular weight excluding hydrogens is 256 g/mol. The Morgan fingerprint density at radius 1 is 1.00 bits per heavy atom. The van der Waals surface area contributed by atoms with Gasteiger partial charge in [0.15, 0.2) is 0 Å². The number of hydrogen-bond acceptors (Lipinski definition) is 2. The second-order valence-electron chi connectivity index (χ2n) is 8.11. The van der Waals surface area contributed by atoms with Crippen LogP contribution < -0.4 is 5.32 Å². The molecular formula is C19H38N2. The van der Waals surface area contributed by atoms with Crippen LogP contribution in [0.25, 0.3) is 0 Å². The zero-order chi connectivity index (χ0) is 15.2. The monoisotopic (exact) mass is 294 g/mol. The highest BCUT2D eigenvalue weighted by Gasteiger charge is 2.34. The smallest absolute Gasteiger partial charge is 0.0112 e. The minimum absolute atomic E-state index is 0.738. The summed E-state index contributed by atoms with van der Waals surface area (Å²) in [5.41, 5.74) is 0. The molecule has 2 rings (SSSR count). The predicted octanol–water partition coefficient (Wildman–Crippen LogP) is 4.16. The van der Waals surface area contributed by atoms with E-state index in [2.05, 4.69) is 38.0 Å². The van der Waals surface area contributed by atoms with E-state index in [1.165, 1.54) is 58.0 Å². The first kappa shape index (κ1) is 17.3. The molecule has 0 amide bonds. The van der Waals surface area contributed by atoms with Crippen LogP contribution in [0.4, 0.5) is 0 Å². The summed E-state index contributed by atoms with van der Waals surface area (Å²) in [5, 5.41) is 3.78. The lowest BCUT2D eigenvalue weighted by molar-refractivity contribution is 0.102. The lowest BCUT2D eigenvalue weighted by Crippen LogP contribution is -2.49. The second-order valence-corrected chi connectivity index (χ2v) is 8.11. The summed E-state index contributed by atoms with van der Waals surface area (Å²) in [4.78, 5) is 2.65. The van der Waals surface area contributed by atoms with Crippen molar-refractivity contribution in [1.29, 1.82) is 0 Å². The number of nitrogens with one attached hydrogen (secondary N) is 1. The van der Waals surface area contributed by atoms with Crippen molar-refractivity contribution in [3.63, 3.8) is 0 Å². The van der Waals surface area contributed by atoms with Crippen molar-refractivity contribution in [2.45, 2.75) is 71.8 Å². The van der Waals surface area contributed by atoms with Crippen molar-refractivity contribution < 1.29 is 0 Å². The highest BCUT2D eigenvalue weighted by molar-refractivity contribution is 4.89. The maximum atomic E-state index is 3.78. The molecule has 4 atom stereocenters. The molecule has 0 bridgehead atoms. The van der Waals surface area contributed by atoms with Gasteiger partial charge in [-0.2, -0.15) is 0 Å². The van der Waals surface area contributed by atoms with Crippen LogP contribution in [0, 0.1) is 23.7 Å². The van der Waals surface area contributed by atoms with Crippen LogP contribution in [0.5, 0.6) is 0 Å². The van der Waals surface area contributed by atoms with Gasteiger partial charge in [0.05, 0.1) is 0 Å². The number of rotatable bonds is 6. The maximum absolute atomic E-state index is 3.78. The molecule has 2 aliphatic rings. The van der Waals surface area contributed by atoms with E-state index in [0.29, 0.717) is 0 Å². The molecule has 2 heteroatoms. The average molecular weight is 295 g/mol. The first-order valence-electron chi connectivity index (χ1n) is 9.52. The highest BCUT2D eigenvalue weighted by Crippen LogP contribution is 2.34. The molecule has 0 aromatic heterocycles. The zero-order valence-corrected chi connectivity index (χ0v) is 14.9. The maximum Gasteiger partial charge on any atom is 0.0112 e. The van der Waals surface area contributed by atoms with E-state index in [-0.39, 0.29) is 0 Å². The Labute approximate surface area is 133 Å². The van der Waals surface area contributed by atoms with E-state index in [0.717, 1.165) is 36.3 Å². The fourth-order valence-electron chi connectivity index (χ4n) is 4.96. The Kier molecular flexibility index (Phi) is 7.01. The van der Waals surface area contributed by atoms with Gasteiger partial charge in [-0.1, -0.05) is 40.0 Å². The largest absolute Gasteiger partial charge is 0.314 e. The van der Waals surface area contributed by atoms with Crippen molar-refractivity contribution in [2.24, 2.45) is 23.7 Å². The van der Waals surface area contributed by atoms with Gasteiger partial charge in [-0.3, -0.25) is 0 Å². The summed E-state index contributed by atoms with van der Waals surface area (Å²) >= 11 is 0. The van der Waals surface area contributed by atoms with Crippen LogP contribution in [-0.2, 0) is 0 Å². The lowest BCUT2D eigenvalue weighted by atomic mass is 9.72. The SMILES string of the molecule is CCNC1CC(C)CC(C)C1CN(C)CC1CCCCC1. The second kappa shape index (κ2) is 8.53. The average Bonchev–Trinajstić information content (AvgIpc) is 2.44. The minimum Gasteiger partial charge on any atom is -0.314 e. The van der Waals surface area contributed by atoms with E-state index < -0.39 is 0 Å². The molecule has 2 nitrogen and oxygen atoms in total. The molecule has 124 valence electrons. The van der Waals surface area contributed by atoms with Gasteiger partial charge in [-0.25, -0.2) is 0 Å². The molecule has 0 aliphatic heterocycles. The summed E-state index contributed by atoms with van der Waals surface area (Å²) in [6.07, 6.45) is 10.1. The highest BCUT2D eigenvalue weighted by atomic mass is 15.1. The molecule has 0 radical (unpaired) electrons. The fourth-order valence-corrected chi connectivity index (χ4v) is 4.96. The van der Waals surface area contributed by atoms with Gasteiger partial charge in [0.1, 0.15) is 0 Å². The molecule has 2 fully saturated rings. The Morgan fingerprint density at radius 3 is 2.38 bits per heavy atom. The third-order valence-corrected chi connectivity index (χ3v) is 5.96. The number of hydrogen-bond donors (Lipinski definition) is 1. The Hall–Kier alpha value is -0.0800. The van der Waals surface area contributed by atoms with Crippen LogP contribution in [0.2, 0.25) is 0 Å². The molecule has 2 saturated carbocycles. The molecule has 0 aromatic rings. The molecule has 21 heavy (non-hydrogen) atoms. The topological polar surface area (TPSA) is 15.3 Å². The van der Waals surface area contributed by atoms with Gasteiger partial charge in [-0.05, 0) is 62.9 Å². The van der Waals surface area contributed by atoms with E-state index in [4.69, 9.17) is 0 Å². The molecule has 0 heterocycles. The predicted molar refractivity (Wildman–Crippen MR) is 92.6 cm³/mol. The van der Waals surface area contributed by atoms with Crippen LogP contribution in [0.1, 0.15) is 65.7 Å². The van der Waals surface area contributed by atoms with Crippen molar-refractivity contribution in [3.05, 3.63) is 0 Å². The minimum atomic E-state index is 0.738. The molecule has 0 saturated heterocycles. The summed E-state index contributed by atoms with van der Waals surface area (Å²) < 4.78 is 0. The molecule has 4 unspecified atom stereocenters. The normalized spacial score (nSPS) is 35.3. The van der Waals surface area contributed by atoms with E-state index >= 15 is 0 Å². The third kappa shape index (κ3) is 5.25. The van der Waals surface area contributed by atoms with Crippen LogP contribution >= 0.6 is 0 Å². The van der Waals surface area contributed by atoms with Crippen molar-refractivity contribution in [3.8, 4) is 0 Å². The third-order valence-electron chi connectivity index (χ3n) is 5.96. The summed E-state index contributed by atoms with van der Waals surface area (Å²) in [5.74, 6) is 3.57. The quantitative estimate of drug-likeness (QED) is 0.791. The first-order chi connectivity index (χ1) is 10.1. The van der Waals surface area contributed by atoms with Gasteiger partial charge in [0.25, 0.3) is 0 Å². The van der Waals surface area contributed by atoms with Crippen molar-refractivity contribution in [1.82, 2.24) is 10.2 Å². The van der Waals surface area contributed by atoms with Gasteiger partial charge < -0.3 is 10.2 Å². The van der Waals surface area contributed by atoms with E-state index in [1.54, 1.807) is 0 Å². The van der Waals surface area contributed by atoms with Crippen molar-refractivity contribution >= 4 is 0 Å². The van der Waals surface area contributed by atoms with Crippen LogP contribution in [0.3, 0.4) is 0 Å². The van der Waals surface area contributed by atoms with Crippen LogP contribution in [-0.4, -0.2) is 37.6 Å². The molecule has 1 N–H and O–H groups in total. The summed E-state index contributed by atoms with van der Waals surface area (Å²) in [6.45, 7) is 10.9. The van der Waals surface area contributed by atoms with E-state index in [1.807, 2.05) is 0 Å². The van der Waals surface area contributed by atoms with Gasteiger partial charge in [0, 0.05) is 19.1 Å². The fraction of sp³-hybridized carbons (Fsp3) is 1.00. The van der Waals surface area contributed by atoms with Gasteiger partial charge in [-0.15, -0.1) is 0 Å². The summed E-state index contributed by atoms with van der Waals surface area (Å²) in [6, 6.07) is 0.738. The Balaban J connectivity index is 1.85. The standard InChI is InChI=1S/C19H38N2/c1-5-20-19-12-15(2)11-16(3)18(19)14-21(4)13-17-9-7-6-8-10-17/h15-20H,5-14H2,1-4H3. The zero-order valence-electron chi connectivity index (χ0n) is 14.9. The molecule has 0 aromatic carbocycles.